The van der Waals surface area contributed by atoms with E-state index in [1.165, 1.54) is 31.4 Å². The summed E-state index contributed by atoms with van der Waals surface area (Å²) in [4.78, 5) is 23.0. The molecule has 0 atom stereocenters. The number of nitrogens with one attached hydrogen (secondary N) is 2. The fraction of sp³-hybridized carbons (Fsp3) is 0.467. The van der Waals surface area contributed by atoms with E-state index in [1.807, 2.05) is 13.8 Å². The van der Waals surface area contributed by atoms with Gasteiger partial charge in [-0.15, -0.1) is 0 Å². The monoisotopic (exact) mass is 357 g/mol. The zero-order chi connectivity index (χ0) is 18.3. The van der Waals surface area contributed by atoms with Crippen molar-refractivity contribution in [2.75, 3.05) is 30.8 Å². The molecule has 0 saturated heterocycles. The van der Waals surface area contributed by atoms with Crippen LogP contribution >= 0.6 is 0 Å². The van der Waals surface area contributed by atoms with Crippen LogP contribution < -0.4 is 14.9 Å². The van der Waals surface area contributed by atoms with Gasteiger partial charge in [0.15, 0.2) is 0 Å². The van der Waals surface area contributed by atoms with Crippen LogP contribution in [0.1, 0.15) is 24.2 Å². The summed E-state index contributed by atoms with van der Waals surface area (Å²) in [5.41, 5.74) is 0.723. The molecule has 24 heavy (non-hydrogen) atoms. The van der Waals surface area contributed by atoms with Crippen LogP contribution in [0.3, 0.4) is 0 Å². The van der Waals surface area contributed by atoms with Gasteiger partial charge in [0, 0.05) is 12.6 Å². The fourth-order valence-electron chi connectivity index (χ4n) is 1.95. The van der Waals surface area contributed by atoms with E-state index in [4.69, 9.17) is 0 Å². The van der Waals surface area contributed by atoms with Gasteiger partial charge in [0.2, 0.25) is 10.0 Å². The molecule has 0 heterocycles. The van der Waals surface area contributed by atoms with E-state index in [0.717, 1.165) is 10.6 Å². The Balaban J connectivity index is 2.80. The lowest BCUT2D eigenvalue weighted by Crippen LogP contribution is -2.43. The van der Waals surface area contributed by atoms with Crippen LogP contribution in [0.15, 0.2) is 24.3 Å². The molecule has 0 aliphatic rings. The van der Waals surface area contributed by atoms with Crippen molar-refractivity contribution in [3.05, 3.63) is 29.8 Å². The Labute approximate surface area is 142 Å². The van der Waals surface area contributed by atoms with Crippen LogP contribution in [0.4, 0.5) is 10.5 Å². The summed E-state index contributed by atoms with van der Waals surface area (Å²) in [6.07, 6.45) is 1.08. The Kier molecular flexibility index (Phi) is 7.02. The van der Waals surface area contributed by atoms with E-state index in [2.05, 4.69) is 15.4 Å². The van der Waals surface area contributed by atoms with Crippen molar-refractivity contribution >= 4 is 27.7 Å². The van der Waals surface area contributed by atoms with E-state index >= 15 is 0 Å². The van der Waals surface area contributed by atoms with E-state index in [9.17, 15) is 18.0 Å². The SMILES string of the molecule is COC(=O)c1ccc(N(CCNC(=O)NC(C)C)S(C)(=O)=O)cc1. The minimum Gasteiger partial charge on any atom is -0.465 e. The van der Waals surface area contributed by atoms with Gasteiger partial charge in [-0.2, -0.15) is 0 Å². The maximum absolute atomic E-state index is 12.0. The highest BCUT2D eigenvalue weighted by molar-refractivity contribution is 7.92. The standard InChI is InChI=1S/C15H23N3O5S/c1-11(2)17-15(20)16-9-10-18(24(4,21)22)13-7-5-12(6-8-13)14(19)23-3/h5-8,11H,9-10H2,1-4H3,(H2,16,17,20). The summed E-state index contributed by atoms with van der Waals surface area (Å²) >= 11 is 0. The first kappa shape index (κ1) is 19.8. The number of rotatable bonds is 7. The molecule has 2 amide bonds. The molecule has 0 aliphatic heterocycles. The highest BCUT2D eigenvalue weighted by Crippen LogP contribution is 2.18. The number of anilines is 1. The molecule has 8 nitrogen and oxygen atoms in total. The van der Waals surface area contributed by atoms with Gasteiger partial charge in [-0.1, -0.05) is 0 Å². The summed E-state index contributed by atoms with van der Waals surface area (Å²) in [7, 11) is -2.26. The van der Waals surface area contributed by atoms with Gasteiger partial charge in [0.1, 0.15) is 0 Å². The van der Waals surface area contributed by atoms with Crippen LogP contribution in [0.2, 0.25) is 0 Å². The molecule has 0 unspecified atom stereocenters. The van der Waals surface area contributed by atoms with Crippen molar-refractivity contribution in [2.45, 2.75) is 19.9 Å². The molecule has 1 rings (SSSR count). The Morgan fingerprint density at radius 1 is 1.21 bits per heavy atom. The number of hydrogen-bond acceptors (Lipinski definition) is 5. The lowest BCUT2D eigenvalue weighted by atomic mass is 10.2. The van der Waals surface area contributed by atoms with E-state index < -0.39 is 16.0 Å². The molecule has 0 spiro atoms. The predicted molar refractivity (Wildman–Crippen MR) is 91.6 cm³/mol. The Morgan fingerprint density at radius 3 is 2.25 bits per heavy atom. The molecule has 0 fully saturated rings. The van der Waals surface area contributed by atoms with Gasteiger partial charge in [-0.3, -0.25) is 4.31 Å². The first-order chi connectivity index (χ1) is 11.1. The highest BCUT2D eigenvalue weighted by Gasteiger charge is 2.18. The minimum absolute atomic E-state index is 0.0122. The third-order valence-electron chi connectivity index (χ3n) is 3.00. The second-order valence-corrected chi connectivity index (χ2v) is 7.34. The van der Waals surface area contributed by atoms with Crippen molar-refractivity contribution in [1.82, 2.24) is 10.6 Å². The van der Waals surface area contributed by atoms with Gasteiger partial charge < -0.3 is 15.4 Å². The average molecular weight is 357 g/mol. The lowest BCUT2D eigenvalue weighted by molar-refractivity contribution is 0.0600. The van der Waals surface area contributed by atoms with Crippen molar-refractivity contribution in [3.63, 3.8) is 0 Å². The zero-order valence-corrected chi connectivity index (χ0v) is 15.0. The number of carbonyl (C=O) groups excluding carboxylic acids is 2. The number of methoxy groups -OCH3 is 1. The summed E-state index contributed by atoms with van der Waals surface area (Å²) < 4.78 is 29.7. The second-order valence-electron chi connectivity index (χ2n) is 5.43. The Bertz CT molecular complexity index is 671. The number of amides is 2. The molecular weight excluding hydrogens is 334 g/mol. The van der Waals surface area contributed by atoms with Crippen LogP contribution in [0.25, 0.3) is 0 Å². The molecule has 2 N–H and O–H groups in total. The number of ether oxygens (including phenoxy) is 1. The summed E-state index contributed by atoms with van der Waals surface area (Å²) in [5.74, 6) is -0.500. The summed E-state index contributed by atoms with van der Waals surface area (Å²) in [5, 5.41) is 5.25. The topological polar surface area (TPSA) is 105 Å². The second kappa shape index (κ2) is 8.53. The van der Waals surface area contributed by atoms with Gasteiger partial charge >= 0.3 is 12.0 Å². The molecule has 0 bridgehead atoms. The highest BCUT2D eigenvalue weighted by atomic mass is 32.2. The average Bonchev–Trinajstić information content (AvgIpc) is 2.49. The third kappa shape index (κ3) is 6.07. The molecule has 9 heteroatoms. The smallest absolute Gasteiger partial charge is 0.337 e. The number of urea groups is 1. The molecule has 0 saturated carbocycles. The third-order valence-corrected chi connectivity index (χ3v) is 4.19. The largest absolute Gasteiger partial charge is 0.465 e. The minimum atomic E-state index is -3.53. The van der Waals surface area contributed by atoms with Gasteiger partial charge in [-0.05, 0) is 38.1 Å². The molecule has 0 radical (unpaired) electrons. The molecule has 0 aliphatic carbocycles. The quantitative estimate of drug-likeness (QED) is 0.707. The molecule has 1 aromatic carbocycles. The van der Waals surface area contributed by atoms with Crippen LogP contribution in [0, 0.1) is 0 Å². The Morgan fingerprint density at radius 2 is 1.79 bits per heavy atom. The number of carbonyl (C=O) groups is 2. The number of sulfonamides is 1. The lowest BCUT2D eigenvalue weighted by Gasteiger charge is -2.23. The van der Waals surface area contributed by atoms with Crippen molar-refractivity contribution in [1.29, 1.82) is 0 Å². The molecule has 134 valence electrons. The predicted octanol–water partition coefficient (Wildman–Crippen LogP) is 0.947. The van der Waals surface area contributed by atoms with Crippen molar-refractivity contribution < 1.29 is 22.7 Å². The van der Waals surface area contributed by atoms with E-state index in [1.54, 1.807) is 0 Å². The normalized spacial score (nSPS) is 11.0. The van der Waals surface area contributed by atoms with Gasteiger partial charge in [0.25, 0.3) is 0 Å². The number of hydrogen-bond donors (Lipinski definition) is 2. The molecule has 1 aromatic rings. The maximum atomic E-state index is 12.0. The fourth-order valence-corrected chi connectivity index (χ4v) is 2.88. The van der Waals surface area contributed by atoms with Gasteiger partial charge in [-0.25, -0.2) is 18.0 Å². The summed E-state index contributed by atoms with van der Waals surface area (Å²) in [6.45, 7) is 3.86. The van der Waals surface area contributed by atoms with Crippen LogP contribution in [-0.4, -0.2) is 52.9 Å². The number of benzene rings is 1. The molecular formula is C15H23N3O5S. The van der Waals surface area contributed by atoms with Crippen molar-refractivity contribution in [2.24, 2.45) is 0 Å². The van der Waals surface area contributed by atoms with E-state index in [-0.39, 0.29) is 25.2 Å². The maximum Gasteiger partial charge on any atom is 0.337 e. The van der Waals surface area contributed by atoms with Crippen LogP contribution in [0.5, 0.6) is 0 Å². The zero-order valence-electron chi connectivity index (χ0n) is 14.2. The summed E-state index contributed by atoms with van der Waals surface area (Å²) in [6, 6.07) is 5.63. The number of nitrogens with zero attached hydrogens (tertiary/aromatic N) is 1. The molecule has 0 aromatic heterocycles. The van der Waals surface area contributed by atoms with Crippen LogP contribution in [-0.2, 0) is 14.8 Å². The first-order valence-corrected chi connectivity index (χ1v) is 9.20. The van der Waals surface area contributed by atoms with Crippen molar-refractivity contribution in [3.8, 4) is 0 Å². The number of esters is 1. The Hall–Kier alpha value is -2.29. The first-order valence-electron chi connectivity index (χ1n) is 7.35. The van der Waals surface area contributed by atoms with Gasteiger partial charge in [0.05, 0.1) is 31.2 Å². The van der Waals surface area contributed by atoms with E-state index in [0.29, 0.717) is 11.3 Å².